The van der Waals surface area contributed by atoms with E-state index >= 15 is 0 Å². The predicted molar refractivity (Wildman–Crippen MR) is 97.4 cm³/mol. The van der Waals surface area contributed by atoms with Gasteiger partial charge in [0.25, 0.3) is 0 Å². The van der Waals surface area contributed by atoms with E-state index in [1.165, 1.54) is 0 Å². The molecule has 1 aliphatic heterocycles. The lowest BCUT2D eigenvalue weighted by Gasteiger charge is -2.32. The Morgan fingerprint density at radius 2 is 2.00 bits per heavy atom. The number of aromatic nitrogens is 2. The number of carbonyl (C=O) groups excluding carboxylic acids is 1. The Hall–Kier alpha value is -2.82. The van der Waals surface area contributed by atoms with E-state index in [1.54, 1.807) is 6.92 Å². The van der Waals surface area contributed by atoms with Crippen LogP contribution in [-0.4, -0.2) is 40.0 Å². The molecule has 1 atom stereocenters. The van der Waals surface area contributed by atoms with Crippen molar-refractivity contribution >= 4 is 16.9 Å². The number of nitrogens with zero attached hydrogens (tertiary/aromatic N) is 2. The number of aromatic amines is 1. The molecule has 0 aliphatic carbocycles. The fourth-order valence-corrected chi connectivity index (χ4v) is 3.29. The largest absolute Gasteiger partial charge is 0.489 e. The van der Waals surface area contributed by atoms with E-state index in [4.69, 9.17) is 4.74 Å². The molecule has 3 aromatic rings. The normalized spacial score (nSPS) is 17.6. The molecule has 128 valence electrons. The van der Waals surface area contributed by atoms with Crippen molar-refractivity contribution in [1.29, 1.82) is 0 Å². The molecule has 2 heterocycles. The number of benzene rings is 2. The molecule has 5 heteroatoms. The molecule has 1 N–H and O–H groups in total. The van der Waals surface area contributed by atoms with Crippen LogP contribution in [0.2, 0.25) is 0 Å². The smallest absolute Gasteiger partial charge is 0.219 e. The summed E-state index contributed by atoms with van der Waals surface area (Å²) in [6.07, 6.45) is 2.03. The van der Waals surface area contributed by atoms with Crippen molar-refractivity contribution in [3.63, 3.8) is 0 Å². The van der Waals surface area contributed by atoms with Gasteiger partial charge in [0.05, 0.1) is 17.6 Å². The average Bonchev–Trinajstić information content (AvgIpc) is 3.07. The first kappa shape index (κ1) is 15.7. The molecule has 0 radical (unpaired) electrons. The van der Waals surface area contributed by atoms with Crippen LogP contribution in [0.5, 0.6) is 5.75 Å². The Morgan fingerprint density at radius 3 is 2.76 bits per heavy atom. The van der Waals surface area contributed by atoms with Gasteiger partial charge in [-0.25, -0.2) is 4.98 Å². The number of rotatable bonds is 3. The minimum atomic E-state index is 0.0645. The number of likely N-dealkylation sites (tertiary alicyclic amines) is 1. The highest BCUT2D eigenvalue weighted by Gasteiger charge is 2.22. The van der Waals surface area contributed by atoms with E-state index in [-0.39, 0.29) is 12.0 Å². The highest BCUT2D eigenvalue weighted by molar-refractivity contribution is 5.79. The van der Waals surface area contributed by atoms with Gasteiger partial charge in [0.15, 0.2) is 0 Å². The van der Waals surface area contributed by atoms with Gasteiger partial charge in [-0.2, -0.15) is 0 Å². The van der Waals surface area contributed by atoms with E-state index in [9.17, 15) is 4.79 Å². The van der Waals surface area contributed by atoms with Crippen LogP contribution in [0.15, 0.2) is 48.5 Å². The molecule has 1 aliphatic rings. The van der Waals surface area contributed by atoms with Crippen molar-refractivity contribution < 1.29 is 9.53 Å². The number of nitrogens with one attached hydrogen (secondary N) is 1. The van der Waals surface area contributed by atoms with Crippen molar-refractivity contribution in [2.24, 2.45) is 0 Å². The minimum absolute atomic E-state index is 0.0645. The number of imidazole rings is 1. The monoisotopic (exact) mass is 335 g/mol. The summed E-state index contributed by atoms with van der Waals surface area (Å²) < 4.78 is 6.06. The molecule has 2 aromatic carbocycles. The molecule has 5 nitrogen and oxygen atoms in total. The van der Waals surface area contributed by atoms with Crippen molar-refractivity contribution in [3.05, 3.63) is 48.5 Å². The lowest BCUT2D eigenvalue weighted by atomic mass is 10.1. The van der Waals surface area contributed by atoms with Crippen LogP contribution in [0.1, 0.15) is 19.8 Å². The number of fused-ring (bicyclic) bond motifs is 1. The summed E-state index contributed by atoms with van der Waals surface area (Å²) in [6, 6.07) is 16.0. The maximum absolute atomic E-state index is 11.5. The Bertz CT molecular complexity index is 852. The topological polar surface area (TPSA) is 58.2 Å². The zero-order valence-electron chi connectivity index (χ0n) is 14.2. The lowest BCUT2D eigenvalue weighted by molar-refractivity contribution is -0.131. The molecule has 0 bridgehead atoms. The van der Waals surface area contributed by atoms with Gasteiger partial charge >= 0.3 is 0 Å². The third-order valence-corrected chi connectivity index (χ3v) is 4.64. The molecule has 1 fully saturated rings. The Balaban J connectivity index is 1.47. The highest BCUT2D eigenvalue weighted by Crippen LogP contribution is 2.24. The van der Waals surface area contributed by atoms with Gasteiger partial charge in [0.2, 0.25) is 5.91 Å². The first-order valence-corrected chi connectivity index (χ1v) is 8.66. The third-order valence-electron chi connectivity index (χ3n) is 4.64. The molecular weight excluding hydrogens is 314 g/mol. The quantitative estimate of drug-likeness (QED) is 0.795. The number of ether oxygens (including phenoxy) is 1. The van der Waals surface area contributed by atoms with Crippen LogP contribution in [-0.2, 0) is 4.79 Å². The summed E-state index contributed by atoms with van der Waals surface area (Å²) in [5.74, 6) is 1.80. The second kappa shape index (κ2) is 6.59. The van der Waals surface area contributed by atoms with E-state index in [2.05, 4.69) is 9.97 Å². The second-order valence-electron chi connectivity index (χ2n) is 6.47. The fraction of sp³-hybridized carbons (Fsp3) is 0.300. The molecule has 1 aromatic heterocycles. The average molecular weight is 335 g/mol. The molecule has 1 unspecified atom stereocenters. The number of hydrogen-bond acceptors (Lipinski definition) is 3. The van der Waals surface area contributed by atoms with Gasteiger partial charge in [-0.05, 0) is 49.2 Å². The Morgan fingerprint density at radius 1 is 1.20 bits per heavy atom. The molecule has 0 saturated carbocycles. The number of para-hydroxylation sites is 2. The van der Waals surface area contributed by atoms with Crippen LogP contribution >= 0.6 is 0 Å². The number of H-pyrrole nitrogens is 1. The van der Waals surface area contributed by atoms with Crippen molar-refractivity contribution in [2.45, 2.75) is 25.9 Å². The van der Waals surface area contributed by atoms with Gasteiger partial charge < -0.3 is 14.6 Å². The zero-order valence-corrected chi connectivity index (χ0v) is 14.2. The zero-order chi connectivity index (χ0) is 17.2. The van der Waals surface area contributed by atoms with Crippen molar-refractivity contribution in [1.82, 2.24) is 14.9 Å². The van der Waals surface area contributed by atoms with Crippen LogP contribution < -0.4 is 4.74 Å². The standard InChI is InChI=1S/C20H21N3O2/c1-14(24)23-12-4-5-17(13-23)25-16-10-8-15(9-11-16)20-21-18-6-2-3-7-19(18)22-20/h2-3,6-11,17H,4-5,12-13H2,1H3,(H,21,22). The fourth-order valence-electron chi connectivity index (χ4n) is 3.29. The van der Waals surface area contributed by atoms with Crippen molar-refractivity contribution in [3.8, 4) is 17.1 Å². The summed E-state index contributed by atoms with van der Waals surface area (Å²) in [5.41, 5.74) is 3.02. The Kier molecular flexibility index (Phi) is 4.14. The van der Waals surface area contributed by atoms with E-state index in [0.29, 0.717) is 6.54 Å². The summed E-state index contributed by atoms with van der Waals surface area (Å²) in [4.78, 5) is 21.3. The molecule has 25 heavy (non-hydrogen) atoms. The van der Waals surface area contributed by atoms with Gasteiger partial charge in [-0.15, -0.1) is 0 Å². The highest BCUT2D eigenvalue weighted by atomic mass is 16.5. The maximum atomic E-state index is 11.5. The summed E-state index contributed by atoms with van der Waals surface area (Å²) in [7, 11) is 0. The minimum Gasteiger partial charge on any atom is -0.489 e. The third kappa shape index (κ3) is 3.36. The summed E-state index contributed by atoms with van der Waals surface area (Å²) in [5, 5.41) is 0. The maximum Gasteiger partial charge on any atom is 0.219 e. The predicted octanol–water partition coefficient (Wildman–Crippen LogP) is 3.62. The number of carbonyl (C=O) groups is 1. The van der Waals surface area contributed by atoms with Crippen LogP contribution in [0.4, 0.5) is 0 Å². The molecular formula is C20H21N3O2. The van der Waals surface area contributed by atoms with Gasteiger partial charge in [-0.1, -0.05) is 12.1 Å². The number of amides is 1. The SMILES string of the molecule is CC(=O)N1CCCC(Oc2ccc(-c3nc4ccccc4[nH]3)cc2)C1. The van der Waals surface area contributed by atoms with Gasteiger partial charge in [-0.3, -0.25) is 4.79 Å². The van der Waals surface area contributed by atoms with Gasteiger partial charge in [0.1, 0.15) is 17.7 Å². The molecule has 0 spiro atoms. The van der Waals surface area contributed by atoms with Gasteiger partial charge in [0, 0.05) is 19.0 Å². The van der Waals surface area contributed by atoms with Crippen LogP contribution in [0.3, 0.4) is 0 Å². The Labute approximate surface area is 146 Å². The summed E-state index contributed by atoms with van der Waals surface area (Å²) in [6.45, 7) is 3.12. The van der Waals surface area contributed by atoms with Crippen LogP contribution in [0.25, 0.3) is 22.4 Å². The number of hydrogen-bond donors (Lipinski definition) is 1. The second-order valence-corrected chi connectivity index (χ2v) is 6.47. The molecule has 4 rings (SSSR count). The molecule has 1 saturated heterocycles. The van der Waals surface area contributed by atoms with Crippen LogP contribution in [0, 0.1) is 0 Å². The number of piperidine rings is 1. The van der Waals surface area contributed by atoms with E-state index in [0.717, 1.165) is 47.6 Å². The van der Waals surface area contributed by atoms with Crippen molar-refractivity contribution in [2.75, 3.05) is 13.1 Å². The lowest BCUT2D eigenvalue weighted by Crippen LogP contribution is -2.43. The van der Waals surface area contributed by atoms with E-state index < -0.39 is 0 Å². The molecule has 1 amide bonds. The summed E-state index contributed by atoms with van der Waals surface area (Å²) >= 11 is 0. The first-order valence-electron chi connectivity index (χ1n) is 8.66. The van der Waals surface area contributed by atoms with E-state index in [1.807, 2.05) is 53.4 Å². The first-order chi connectivity index (χ1) is 12.2.